The van der Waals surface area contributed by atoms with Gasteiger partial charge in [0.25, 0.3) is 0 Å². The molecule has 0 aliphatic carbocycles. The van der Waals surface area contributed by atoms with Crippen molar-refractivity contribution in [2.75, 3.05) is 19.6 Å². The van der Waals surface area contributed by atoms with Gasteiger partial charge in [0.2, 0.25) is 0 Å². The molecule has 0 saturated carbocycles. The van der Waals surface area contributed by atoms with E-state index < -0.39 is 8.80 Å². The molecule has 0 aromatic carbocycles. The Balaban J connectivity index is 3.04. The zero-order valence-corrected chi connectivity index (χ0v) is 6.75. The quantitative estimate of drug-likeness (QED) is 0.229. The van der Waals surface area contributed by atoms with Gasteiger partial charge in [-0.1, -0.05) is 0 Å². The Morgan fingerprint density at radius 3 is 2.20 bits per heavy atom. The van der Waals surface area contributed by atoms with E-state index in [0.29, 0.717) is 19.6 Å². The number of rotatable bonds is 5. The van der Waals surface area contributed by atoms with Crippen LogP contribution in [-0.4, -0.2) is 42.8 Å². The van der Waals surface area contributed by atoms with Crippen LogP contribution in [-0.2, 0) is 0 Å². The van der Waals surface area contributed by atoms with Crippen LogP contribution >= 0.6 is 0 Å². The zero-order valence-electron chi connectivity index (χ0n) is 5.75. The summed E-state index contributed by atoms with van der Waals surface area (Å²) in [6.45, 7) is 1.54. The molecule has 0 unspecified atom stereocenters. The van der Waals surface area contributed by atoms with Crippen molar-refractivity contribution in [3.8, 4) is 0 Å². The molecule has 0 spiro atoms. The van der Waals surface area contributed by atoms with Crippen LogP contribution in [0.25, 0.3) is 0 Å². The van der Waals surface area contributed by atoms with Gasteiger partial charge in [0.05, 0.1) is 0 Å². The SMILES string of the molecule is NCCNCC[Si](O)(O)O. The van der Waals surface area contributed by atoms with Crippen molar-refractivity contribution < 1.29 is 14.4 Å². The second-order valence-electron chi connectivity index (χ2n) is 2.06. The molecule has 62 valence electrons. The Hall–Kier alpha value is 0.0169. The normalized spacial score (nSPS) is 12.0. The van der Waals surface area contributed by atoms with Crippen LogP contribution in [0, 0.1) is 0 Å². The molecule has 0 bridgehead atoms. The van der Waals surface area contributed by atoms with E-state index in [-0.39, 0.29) is 6.04 Å². The monoisotopic (exact) mass is 166 g/mol. The minimum Gasteiger partial charge on any atom is -0.390 e. The summed E-state index contributed by atoms with van der Waals surface area (Å²) < 4.78 is 0. The molecule has 0 rings (SSSR count). The first-order chi connectivity index (χ1) is 4.56. The van der Waals surface area contributed by atoms with E-state index in [1.165, 1.54) is 0 Å². The fourth-order valence-electron chi connectivity index (χ4n) is 0.483. The van der Waals surface area contributed by atoms with Gasteiger partial charge in [0.1, 0.15) is 0 Å². The molecule has 0 radical (unpaired) electrons. The van der Waals surface area contributed by atoms with E-state index in [0.717, 1.165) is 0 Å². The maximum atomic E-state index is 8.50. The molecule has 0 saturated heterocycles. The largest absolute Gasteiger partial charge is 0.494 e. The number of hydrogen-bond acceptors (Lipinski definition) is 5. The second-order valence-corrected chi connectivity index (χ2v) is 4.11. The topological polar surface area (TPSA) is 98.7 Å². The molecule has 6 heteroatoms. The molecule has 10 heavy (non-hydrogen) atoms. The van der Waals surface area contributed by atoms with E-state index in [1.54, 1.807) is 0 Å². The number of nitrogens with one attached hydrogen (secondary N) is 1. The lowest BCUT2D eigenvalue weighted by atomic mass is 10.6. The fourth-order valence-corrected chi connectivity index (χ4v) is 0.995. The molecule has 0 aromatic rings. The summed E-state index contributed by atoms with van der Waals surface area (Å²) in [7, 11) is -3.81. The first-order valence-electron chi connectivity index (χ1n) is 3.14. The summed E-state index contributed by atoms with van der Waals surface area (Å²) in [5.74, 6) is 0. The van der Waals surface area contributed by atoms with Gasteiger partial charge < -0.3 is 25.4 Å². The minimum atomic E-state index is -3.81. The van der Waals surface area contributed by atoms with Crippen LogP contribution < -0.4 is 11.1 Å². The Morgan fingerprint density at radius 1 is 1.20 bits per heavy atom. The fraction of sp³-hybridized carbons (Fsp3) is 1.00. The lowest BCUT2D eigenvalue weighted by Gasteiger charge is -2.08. The van der Waals surface area contributed by atoms with Gasteiger partial charge in [-0.2, -0.15) is 0 Å². The van der Waals surface area contributed by atoms with Gasteiger partial charge in [-0.05, 0) is 6.54 Å². The zero-order chi connectivity index (χ0) is 8.04. The third-order valence-electron chi connectivity index (χ3n) is 0.958. The van der Waals surface area contributed by atoms with Gasteiger partial charge in [-0.25, -0.2) is 0 Å². The predicted octanol–water partition coefficient (Wildman–Crippen LogP) is -2.55. The van der Waals surface area contributed by atoms with E-state index >= 15 is 0 Å². The lowest BCUT2D eigenvalue weighted by molar-refractivity contribution is 0.227. The third kappa shape index (κ3) is 8.02. The molecular formula is C4H14N2O3Si. The molecule has 0 atom stereocenters. The molecular weight excluding hydrogens is 152 g/mol. The second kappa shape index (κ2) is 4.77. The third-order valence-corrected chi connectivity index (χ3v) is 1.88. The highest BCUT2D eigenvalue weighted by Crippen LogP contribution is 1.92. The van der Waals surface area contributed by atoms with E-state index in [4.69, 9.17) is 20.1 Å². The van der Waals surface area contributed by atoms with Crippen molar-refractivity contribution in [1.82, 2.24) is 5.32 Å². The van der Waals surface area contributed by atoms with Gasteiger partial charge in [-0.3, -0.25) is 0 Å². The standard InChI is InChI=1S/C4H14N2O3Si/c5-1-2-6-3-4-10(7,8)9/h6-9H,1-5H2. The van der Waals surface area contributed by atoms with E-state index in [9.17, 15) is 0 Å². The first kappa shape index (κ1) is 10.0. The minimum absolute atomic E-state index is 0.0208. The lowest BCUT2D eigenvalue weighted by Crippen LogP contribution is -2.38. The molecule has 5 nitrogen and oxygen atoms in total. The summed E-state index contributed by atoms with van der Waals surface area (Å²) in [5.41, 5.74) is 5.14. The maximum Gasteiger partial charge on any atom is 0.494 e. The average Bonchev–Trinajstić information content (AvgIpc) is 1.78. The molecule has 0 fully saturated rings. The number of nitrogens with two attached hydrogens (primary N) is 1. The summed E-state index contributed by atoms with van der Waals surface area (Å²) in [6, 6.07) is 0.0208. The van der Waals surface area contributed by atoms with Crippen molar-refractivity contribution in [1.29, 1.82) is 0 Å². The van der Waals surface area contributed by atoms with Gasteiger partial charge in [0.15, 0.2) is 0 Å². The van der Waals surface area contributed by atoms with Crippen LogP contribution in [0.15, 0.2) is 0 Å². The Morgan fingerprint density at radius 2 is 1.80 bits per heavy atom. The molecule has 0 aliphatic heterocycles. The van der Waals surface area contributed by atoms with Crippen LogP contribution in [0.5, 0.6) is 0 Å². The van der Waals surface area contributed by atoms with Gasteiger partial charge in [-0.15, -0.1) is 0 Å². The van der Waals surface area contributed by atoms with Gasteiger partial charge in [0, 0.05) is 19.1 Å². The highest BCUT2D eigenvalue weighted by atomic mass is 28.4. The van der Waals surface area contributed by atoms with E-state index in [2.05, 4.69) is 5.32 Å². The predicted molar refractivity (Wildman–Crippen MR) is 39.1 cm³/mol. The molecule has 0 heterocycles. The highest BCUT2D eigenvalue weighted by molar-refractivity contribution is 6.56. The highest BCUT2D eigenvalue weighted by Gasteiger charge is 2.25. The average molecular weight is 166 g/mol. The molecule has 0 aliphatic rings. The van der Waals surface area contributed by atoms with Crippen molar-refractivity contribution >= 4 is 8.80 Å². The van der Waals surface area contributed by atoms with Gasteiger partial charge >= 0.3 is 8.80 Å². The Kier molecular flexibility index (Phi) is 4.78. The van der Waals surface area contributed by atoms with Crippen LogP contribution in [0.4, 0.5) is 0 Å². The Labute approximate surface area is 60.9 Å². The molecule has 0 aromatic heterocycles. The molecule has 6 N–H and O–H groups in total. The smallest absolute Gasteiger partial charge is 0.390 e. The Bertz CT molecular complexity index is 85.1. The first-order valence-corrected chi connectivity index (χ1v) is 5.19. The van der Waals surface area contributed by atoms with Crippen LogP contribution in [0.1, 0.15) is 0 Å². The number of hydrogen-bond donors (Lipinski definition) is 5. The van der Waals surface area contributed by atoms with Crippen molar-refractivity contribution in [3.63, 3.8) is 0 Å². The van der Waals surface area contributed by atoms with Crippen LogP contribution in [0.2, 0.25) is 6.04 Å². The maximum absolute atomic E-state index is 8.50. The van der Waals surface area contributed by atoms with Crippen LogP contribution in [0.3, 0.4) is 0 Å². The molecule has 0 amide bonds. The summed E-state index contributed by atoms with van der Waals surface area (Å²) in [5, 5.41) is 2.82. The van der Waals surface area contributed by atoms with Crippen molar-refractivity contribution in [2.24, 2.45) is 5.73 Å². The summed E-state index contributed by atoms with van der Waals surface area (Å²) in [6.07, 6.45) is 0. The van der Waals surface area contributed by atoms with Crippen molar-refractivity contribution in [3.05, 3.63) is 0 Å². The van der Waals surface area contributed by atoms with Crippen molar-refractivity contribution in [2.45, 2.75) is 6.04 Å². The summed E-state index contributed by atoms with van der Waals surface area (Å²) >= 11 is 0. The summed E-state index contributed by atoms with van der Waals surface area (Å²) in [4.78, 5) is 25.5. The van der Waals surface area contributed by atoms with E-state index in [1.807, 2.05) is 0 Å².